The minimum atomic E-state index is -4.27. The van der Waals surface area contributed by atoms with E-state index in [-0.39, 0.29) is 10.7 Å². The van der Waals surface area contributed by atoms with Gasteiger partial charge >= 0.3 is 0 Å². The fourth-order valence-electron chi connectivity index (χ4n) is 4.08. The summed E-state index contributed by atoms with van der Waals surface area (Å²) in [6.45, 7) is 7.56. The van der Waals surface area contributed by atoms with E-state index in [0.29, 0.717) is 47.6 Å². The second kappa shape index (κ2) is 14.2. The molecule has 0 bridgehead atoms. The van der Waals surface area contributed by atoms with Crippen molar-refractivity contribution in [2.75, 3.05) is 33.3 Å². The monoisotopic (exact) mass is 543 g/mol. The topological polar surface area (TPSA) is 124 Å². The molecule has 0 heterocycles. The highest BCUT2D eigenvalue weighted by atomic mass is 32.2. The molecule has 2 N–H and O–H groups in total. The molecule has 0 aliphatic heterocycles. The van der Waals surface area contributed by atoms with E-state index in [1.165, 1.54) is 12.1 Å². The van der Waals surface area contributed by atoms with Crippen molar-refractivity contribution in [2.45, 2.75) is 37.9 Å². The lowest BCUT2D eigenvalue weighted by atomic mass is 10.0. The summed E-state index contributed by atoms with van der Waals surface area (Å²) in [5, 5.41) is 19.4. The van der Waals surface area contributed by atoms with Crippen LogP contribution in [-0.2, 0) is 10.1 Å². The molecule has 0 spiro atoms. The van der Waals surface area contributed by atoms with Gasteiger partial charge in [-0.05, 0) is 57.2 Å². The van der Waals surface area contributed by atoms with E-state index in [9.17, 15) is 28.0 Å². The highest BCUT2D eigenvalue weighted by Gasteiger charge is 2.25. The molecule has 0 saturated carbocycles. The molecule has 0 saturated heterocycles. The Morgan fingerprint density at radius 3 is 1.84 bits per heavy atom. The van der Waals surface area contributed by atoms with Crippen LogP contribution in [0, 0.1) is 6.92 Å². The lowest BCUT2D eigenvalue weighted by Crippen LogP contribution is -2.53. The van der Waals surface area contributed by atoms with Crippen LogP contribution in [0.15, 0.2) is 83.8 Å². The zero-order chi connectivity index (χ0) is 28.3. The smallest absolute Gasteiger partial charge is 0.193 e. The predicted octanol–water partition coefficient (Wildman–Crippen LogP) is 3.40. The van der Waals surface area contributed by atoms with Crippen molar-refractivity contribution >= 4 is 15.9 Å². The van der Waals surface area contributed by atoms with Crippen LogP contribution in [-0.4, -0.2) is 78.9 Å². The van der Waals surface area contributed by atoms with Crippen LogP contribution in [0.2, 0.25) is 0 Å². The number of likely N-dealkylation sites (N-methyl/N-ethyl adjacent to an activating group) is 1. The molecule has 0 fully saturated rings. The predicted molar refractivity (Wildman–Crippen MR) is 145 cm³/mol. The van der Waals surface area contributed by atoms with Gasteiger partial charge in [-0.1, -0.05) is 48.0 Å². The number of rotatable bonds is 11. The number of aliphatic hydroxyl groups is 2. The first-order valence-corrected chi connectivity index (χ1v) is 13.7. The SMILES string of the molecule is CC(O)C[N+](C)(CCOc1ccc(C(=O)c2ccccc2)cc1)CC(C)O.Cc1ccc(S(=O)(=O)[O-])cc1. The van der Waals surface area contributed by atoms with Crippen LogP contribution in [0.3, 0.4) is 0 Å². The molecular formula is C29H37NO7S. The Morgan fingerprint density at radius 2 is 1.37 bits per heavy atom. The maximum atomic E-state index is 12.4. The largest absolute Gasteiger partial charge is 0.744 e. The number of ether oxygens (including phenoxy) is 1. The number of hydrogen-bond donors (Lipinski definition) is 2. The van der Waals surface area contributed by atoms with Crippen molar-refractivity contribution in [3.63, 3.8) is 0 Å². The van der Waals surface area contributed by atoms with Crippen molar-refractivity contribution in [1.29, 1.82) is 0 Å². The quantitative estimate of drug-likeness (QED) is 0.216. The van der Waals surface area contributed by atoms with Crippen molar-refractivity contribution in [1.82, 2.24) is 0 Å². The van der Waals surface area contributed by atoms with Crippen LogP contribution >= 0.6 is 0 Å². The van der Waals surface area contributed by atoms with Gasteiger partial charge < -0.3 is 24.0 Å². The van der Waals surface area contributed by atoms with Gasteiger partial charge in [0.05, 0.1) is 11.9 Å². The van der Waals surface area contributed by atoms with E-state index in [1.807, 2.05) is 32.2 Å². The highest BCUT2D eigenvalue weighted by Crippen LogP contribution is 2.16. The number of quaternary nitrogens is 1. The van der Waals surface area contributed by atoms with Gasteiger partial charge in [0.25, 0.3) is 0 Å². The first-order valence-electron chi connectivity index (χ1n) is 12.3. The number of ketones is 1. The van der Waals surface area contributed by atoms with Crippen LogP contribution in [0.1, 0.15) is 35.3 Å². The summed E-state index contributed by atoms with van der Waals surface area (Å²) in [5.74, 6) is 0.681. The van der Waals surface area contributed by atoms with Crippen LogP contribution < -0.4 is 4.74 Å². The molecule has 38 heavy (non-hydrogen) atoms. The molecule has 206 valence electrons. The fourth-order valence-corrected chi connectivity index (χ4v) is 4.55. The van der Waals surface area contributed by atoms with Crippen LogP contribution in [0.5, 0.6) is 5.75 Å². The Morgan fingerprint density at radius 1 is 0.868 bits per heavy atom. The van der Waals surface area contributed by atoms with Gasteiger partial charge in [-0.3, -0.25) is 4.79 Å². The molecule has 0 radical (unpaired) electrons. The van der Waals surface area contributed by atoms with Gasteiger partial charge in [0, 0.05) is 11.1 Å². The summed E-state index contributed by atoms with van der Waals surface area (Å²) >= 11 is 0. The van der Waals surface area contributed by atoms with Crippen molar-refractivity contribution < 1.29 is 37.2 Å². The number of nitrogens with zero attached hydrogens (tertiary/aromatic N) is 1. The lowest BCUT2D eigenvalue weighted by molar-refractivity contribution is -0.914. The maximum Gasteiger partial charge on any atom is 0.193 e. The number of carbonyl (C=O) groups is 1. The molecule has 9 heteroatoms. The second-order valence-corrected chi connectivity index (χ2v) is 11.1. The molecule has 0 amide bonds. The van der Waals surface area contributed by atoms with E-state index in [2.05, 4.69) is 0 Å². The maximum absolute atomic E-state index is 12.4. The van der Waals surface area contributed by atoms with Crippen molar-refractivity contribution in [2.24, 2.45) is 0 Å². The first-order chi connectivity index (χ1) is 17.8. The van der Waals surface area contributed by atoms with Gasteiger partial charge in [-0.2, -0.15) is 0 Å². The molecule has 2 atom stereocenters. The third-order valence-electron chi connectivity index (χ3n) is 5.77. The second-order valence-electron chi connectivity index (χ2n) is 9.74. The number of carbonyl (C=O) groups excluding carboxylic acids is 1. The Hall–Kier alpha value is -3.08. The summed E-state index contributed by atoms with van der Waals surface area (Å²) in [7, 11) is -2.27. The van der Waals surface area contributed by atoms with Gasteiger partial charge in [-0.15, -0.1) is 0 Å². The summed E-state index contributed by atoms with van der Waals surface area (Å²) < 4.78 is 37.5. The summed E-state index contributed by atoms with van der Waals surface area (Å²) in [4.78, 5) is 12.2. The molecule has 8 nitrogen and oxygen atoms in total. The van der Waals surface area contributed by atoms with Gasteiger partial charge in [0.15, 0.2) is 5.78 Å². The Balaban J connectivity index is 0.000000384. The molecule has 3 rings (SSSR count). The lowest BCUT2D eigenvalue weighted by Gasteiger charge is -2.36. The van der Waals surface area contributed by atoms with Crippen LogP contribution in [0.25, 0.3) is 0 Å². The first kappa shape index (κ1) is 31.1. The van der Waals surface area contributed by atoms with Crippen LogP contribution in [0.4, 0.5) is 0 Å². The van der Waals surface area contributed by atoms with Crippen molar-refractivity contribution in [3.8, 4) is 5.75 Å². The minimum Gasteiger partial charge on any atom is -0.744 e. The Kier molecular flexibility index (Phi) is 11.6. The van der Waals surface area contributed by atoms with E-state index in [0.717, 1.165) is 5.56 Å². The van der Waals surface area contributed by atoms with Gasteiger partial charge in [-0.25, -0.2) is 8.42 Å². The molecule has 0 aliphatic rings. The standard InChI is InChI=1S/C22H30NO4.C7H8O3S/c1-17(24)15-23(3,16-18(2)25)13-14-27-21-11-9-20(10-12-21)22(26)19-7-5-4-6-8-19;1-6-2-4-7(5-3-6)11(8,9)10/h4-12,17-18,24-25H,13-16H2,1-3H3;2-5H,1H3,(H,8,9,10)/q+1;/p-1. The molecular weight excluding hydrogens is 506 g/mol. The van der Waals surface area contributed by atoms with E-state index in [1.54, 1.807) is 62.4 Å². The third-order valence-corrected chi connectivity index (χ3v) is 6.62. The number of benzene rings is 3. The van der Waals surface area contributed by atoms with E-state index in [4.69, 9.17) is 4.74 Å². The average Bonchev–Trinajstić information content (AvgIpc) is 2.83. The van der Waals surface area contributed by atoms with E-state index >= 15 is 0 Å². The molecule has 0 aliphatic carbocycles. The Bertz CT molecular complexity index is 1230. The minimum absolute atomic E-state index is 0.0136. The number of aryl methyl sites for hydroxylation is 1. The van der Waals surface area contributed by atoms with Gasteiger partial charge in [0.1, 0.15) is 54.3 Å². The van der Waals surface area contributed by atoms with Crippen molar-refractivity contribution in [3.05, 3.63) is 95.6 Å². The van der Waals surface area contributed by atoms with Gasteiger partial charge in [0.2, 0.25) is 0 Å². The summed E-state index contributed by atoms with van der Waals surface area (Å²) in [5.41, 5.74) is 2.21. The highest BCUT2D eigenvalue weighted by molar-refractivity contribution is 7.85. The average molecular weight is 544 g/mol. The normalized spacial score (nSPS) is 14.4. The third kappa shape index (κ3) is 10.7. The number of hydrogen-bond acceptors (Lipinski definition) is 7. The molecule has 3 aromatic rings. The fraction of sp³-hybridized carbons (Fsp3) is 0.345. The molecule has 0 aromatic heterocycles. The summed E-state index contributed by atoms with van der Waals surface area (Å²) in [6, 6.07) is 22.1. The summed E-state index contributed by atoms with van der Waals surface area (Å²) in [6.07, 6.45) is -0.894. The van der Waals surface area contributed by atoms with E-state index < -0.39 is 22.3 Å². The molecule has 2 unspecified atom stereocenters. The zero-order valence-corrected chi connectivity index (χ0v) is 23.1. The number of aliphatic hydroxyl groups excluding tert-OH is 2. The zero-order valence-electron chi connectivity index (χ0n) is 22.3. The Labute approximate surface area is 225 Å². The molecule has 3 aromatic carbocycles.